The Hall–Kier alpha value is -1.31. The molecule has 0 fully saturated rings. The lowest BCUT2D eigenvalue weighted by molar-refractivity contribution is -0.121. The summed E-state index contributed by atoms with van der Waals surface area (Å²) in [5, 5.41) is 0. The van der Waals surface area contributed by atoms with Crippen LogP contribution in [0.5, 0.6) is 0 Å². The number of Topliss-reactive ketones (excluding diaryl/α,β-unsaturated/α-hetero) is 1. The number of hydrogen-bond donors (Lipinski definition) is 0. The maximum atomic E-state index is 12.1. The van der Waals surface area contributed by atoms with Crippen molar-refractivity contribution in [2.45, 2.75) is 46.5 Å². The molecule has 17 heavy (non-hydrogen) atoms. The molecule has 0 aliphatic heterocycles. The summed E-state index contributed by atoms with van der Waals surface area (Å²) in [4.78, 5) is 12.1. The zero-order chi connectivity index (χ0) is 12.4. The first-order valence-corrected chi connectivity index (χ1v) is 6.32. The minimum absolute atomic E-state index is 0.152. The van der Waals surface area contributed by atoms with E-state index in [4.69, 9.17) is 4.42 Å². The minimum Gasteiger partial charge on any atom is -0.468 e. The molecule has 2 nitrogen and oxygen atoms in total. The third-order valence-corrected chi connectivity index (χ3v) is 3.62. The Labute approximate surface area is 103 Å². The highest BCUT2D eigenvalue weighted by molar-refractivity contribution is 5.83. The van der Waals surface area contributed by atoms with Crippen molar-refractivity contribution in [3.63, 3.8) is 0 Å². The van der Waals surface area contributed by atoms with Crippen LogP contribution >= 0.6 is 0 Å². The number of carbonyl (C=O) groups is 1. The largest absolute Gasteiger partial charge is 0.468 e. The summed E-state index contributed by atoms with van der Waals surface area (Å²) in [6, 6.07) is 0. The van der Waals surface area contributed by atoms with Gasteiger partial charge >= 0.3 is 0 Å². The van der Waals surface area contributed by atoms with Gasteiger partial charge in [-0.1, -0.05) is 18.6 Å². The Balaban J connectivity index is 2.36. The maximum absolute atomic E-state index is 12.1. The summed E-state index contributed by atoms with van der Waals surface area (Å²) in [5.41, 5.74) is 3.55. The zero-order valence-corrected chi connectivity index (χ0v) is 10.9. The molecule has 1 aromatic rings. The summed E-state index contributed by atoms with van der Waals surface area (Å²) in [6.45, 7) is 6.18. The number of furan rings is 1. The molecular weight excluding hydrogens is 212 g/mol. The molecule has 1 heterocycles. The van der Waals surface area contributed by atoms with Crippen molar-refractivity contribution in [3.05, 3.63) is 34.8 Å². The monoisotopic (exact) mass is 232 g/mol. The summed E-state index contributed by atoms with van der Waals surface area (Å²) in [6.07, 6.45) is 7.33. The van der Waals surface area contributed by atoms with Crippen LogP contribution in [0.2, 0.25) is 0 Å². The molecule has 1 aliphatic carbocycles. The van der Waals surface area contributed by atoms with Gasteiger partial charge in [-0.05, 0) is 32.3 Å². The van der Waals surface area contributed by atoms with Crippen molar-refractivity contribution in [1.29, 1.82) is 0 Å². The van der Waals surface area contributed by atoms with E-state index in [0.29, 0.717) is 12.2 Å². The van der Waals surface area contributed by atoms with Gasteiger partial charge in [-0.3, -0.25) is 4.79 Å². The highest BCUT2D eigenvalue weighted by atomic mass is 16.3. The number of rotatable bonds is 0. The van der Waals surface area contributed by atoms with E-state index in [2.05, 4.69) is 13.0 Å². The predicted molar refractivity (Wildman–Crippen MR) is 68.0 cm³/mol. The Morgan fingerprint density at radius 1 is 1.29 bits per heavy atom. The fourth-order valence-electron chi connectivity index (χ4n) is 2.32. The fraction of sp³-hybridized carbons (Fsp3) is 0.533. The Kier molecular flexibility index (Phi) is 3.51. The van der Waals surface area contributed by atoms with E-state index in [1.165, 1.54) is 5.57 Å². The molecular formula is C15H20O2. The number of carbonyl (C=O) groups excluding carboxylic acids is 1. The predicted octanol–water partition coefficient (Wildman–Crippen LogP) is 3.62. The average Bonchev–Trinajstić information content (AvgIpc) is 2.60. The Morgan fingerprint density at radius 2 is 2.06 bits per heavy atom. The van der Waals surface area contributed by atoms with Crippen molar-refractivity contribution in [3.8, 4) is 0 Å². The highest BCUT2D eigenvalue weighted by Gasteiger charge is 2.19. The van der Waals surface area contributed by atoms with Crippen LogP contribution in [0.4, 0.5) is 0 Å². The number of allylic oxidation sites excluding steroid dienone is 2. The normalized spacial score (nSPS) is 25.0. The summed E-state index contributed by atoms with van der Waals surface area (Å²) >= 11 is 0. The lowest BCUT2D eigenvalue weighted by atomic mass is 9.91. The van der Waals surface area contributed by atoms with Crippen molar-refractivity contribution < 1.29 is 9.21 Å². The van der Waals surface area contributed by atoms with Gasteiger partial charge in [0.05, 0.1) is 6.26 Å². The van der Waals surface area contributed by atoms with Gasteiger partial charge in [0, 0.05) is 24.3 Å². The second-order valence-electron chi connectivity index (χ2n) is 5.17. The molecule has 2 heteroatoms. The molecule has 1 aliphatic rings. The first-order valence-electron chi connectivity index (χ1n) is 6.32. The van der Waals surface area contributed by atoms with E-state index in [-0.39, 0.29) is 5.92 Å². The number of fused-ring (bicyclic) bond motifs is 1. The van der Waals surface area contributed by atoms with Gasteiger partial charge in [-0.2, -0.15) is 0 Å². The molecule has 0 spiro atoms. The van der Waals surface area contributed by atoms with Crippen LogP contribution < -0.4 is 0 Å². The molecule has 0 aromatic carbocycles. The van der Waals surface area contributed by atoms with Gasteiger partial charge in [-0.15, -0.1) is 0 Å². The molecule has 1 aromatic heterocycles. The zero-order valence-electron chi connectivity index (χ0n) is 10.9. The number of hydrogen-bond acceptors (Lipinski definition) is 2. The van der Waals surface area contributed by atoms with Gasteiger partial charge in [0.1, 0.15) is 11.5 Å². The molecule has 0 N–H and O–H groups in total. The smallest absolute Gasteiger partial charge is 0.140 e. The first-order chi connectivity index (χ1) is 8.08. The molecule has 92 valence electrons. The van der Waals surface area contributed by atoms with Crippen LogP contribution in [0.1, 0.15) is 43.6 Å². The van der Waals surface area contributed by atoms with Crippen molar-refractivity contribution in [2.24, 2.45) is 5.92 Å². The van der Waals surface area contributed by atoms with E-state index in [0.717, 1.165) is 36.1 Å². The standard InChI is InChI=1S/C15H20O2/c1-10-5-4-6-11(2)14(16)8-13-12(3)9-17-15(13)7-10/h5,9,11H,4,6-8H2,1-3H3/b10-5-. The van der Waals surface area contributed by atoms with E-state index in [1.807, 2.05) is 13.8 Å². The van der Waals surface area contributed by atoms with E-state index in [9.17, 15) is 4.79 Å². The van der Waals surface area contributed by atoms with Crippen LogP contribution in [-0.4, -0.2) is 5.78 Å². The van der Waals surface area contributed by atoms with E-state index < -0.39 is 0 Å². The van der Waals surface area contributed by atoms with Gasteiger partial charge in [0.2, 0.25) is 0 Å². The lowest BCUT2D eigenvalue weighted by Gasteiger charge is -2.12. The van der Waals surface area contributed by atoms with Gasteiger partial charge in [-0.25, -0.2) is 0 Å². The van der Waals surface area contributed by atoms with Crippen LogP contribution in [0.25, 0.3) is 0 Å². The van der Waals surface area contributed by atoms with Crippen molar-refractivity contribution >= 4 is 5.78 Å². The SMILES string of the molecule is C/C1=C/CCC(C)C(=O)Cc2c(C)coc2C1. The Morgan fingerprint density at radius 3 is 2.82 bits per heavy atom. The second kappa shape index (κ2) is 4.91. The quantitative estimate of drug-likeness (QED) is 0.639. The van der Waals surface area contributed by atoms with Gasteiger partial charge < -0.3 is 4.42 Å². The molecule has 1 unspecified atom stereocenters. The molecule has 0 amide bonds. The Bertz CT molecular complexity index is 451. The average molecular weight is 232 g/mol. The van der Waals surface area contributed by atoms with E-state index >= 15 is 0 Å². The topological polar surface area (TPSA) is 30.2 Å². The second-order valence-corrected chi connectivity index (χ2v) is 5.17. The summed E-state index contributed by atoms with van der Waals surface area (Å²) < 4.78 is 5.58. The summed E-state index contributed by atoms with van der Waals surface area (Å²) in [7, 11) is 0. The van der Waals surface area contributed by atoms with Crippen LogP contribution in [-0.2, 0) is 17.6 Å². The summed E-state index contributed by atoms with van der Waals surface area (Å²) in [5.74, 6) is 1.46. The van der Waals surface area contributed by atoms with Crippen LogP contribution in [0.15, 0.2) is 22.3 Å². The lowest BCUT2D eigenvalue weighted by Crippen LogP contribution is -2.15. The third kappa shape index (κ3) is 2.68. The molecule has 0 radical (unpaired) electrons. The molecule has 2 rings (SSSR count). The van der Waals surface area contributed by atoms with Gasteiger partial charge in [0.25, 0.3) is 0 Å². The molecule has 1 atom stereocenters. The first kappa shape index (κ1) is 12.2. The highest BCUT2D eigenvalue weighted by Crippen LogP contribution is 2.24. The van der Waals surface area contributed by atoms with E-state index in [1.54, 1.807) is 6.26 Å². The molecule has 0 saturated heterocycles. The minimum atomic E-state index is 0.152. The van der Waals surface area contributed by atoms with Crippen molar-refractivity contribution in [2.75, 3.05) is 0 Å². The molecule has 0 saturated carbocycles. The van der Waals surface area contributed by atoms with Crippen LogP contribution in [0, 0.1) is 12.8 Å². The van der Waals surface area contributed by atoms with Gasteiger partial charge in [0.15, 0.2) is 0 Å². The third-order valence-electron chi connectivity index (χ3n) is 3.62. The number of aryl methyl sites for hydroxylation is 1. The fourth-order valence-corrected chi connectivity index (χ4v) is 2.32. The maximum Gasteiger partial charge on any atom is 0.140 e. The van der Waals surface area contributed by atoms with Crippen molar-refractivity contribution in [1.82, 2.24) is 0 Å². The van der Waals surface area contributed by atoms with Crippen LogP contribution in [0.3, 0.4) is 0 Å². The molecule has 0 bridgehead atoms. The number of ketones is 1.